The Hall–Kier alpha value is -3.00. The van der Waals surface area contributed by atoms with Gasteiger partial charge in [-0.3, -0.25) is 0 Å². The summed E-state index contributed by atoms with van der Waals surface area (Å²) < 4.78 is 0. The number of hydrogen-bond acceptors (Lipinski definition) is 2. The second-order valence-electron chi connectivity index (χ2n) is 6.40. The predicted octanol–water partition coefficient (Wildman–Crippen LogP) is 6.07. The normalized spacial score (nSPS) is 9.93. The molecular formula is C25H32N2. The number of nitrogen functional groups attached to an aromatic ring is 2. The minimum absolute atomic E-state index is 0. The van der Waals surface area contributed by atoms with Crippen molar-refractivity contribution in [1.29, 1.82) is 0 Å². The molecule has 0 aliphatic rings. The van der Waals surface area contributed by atoms with E-state index in [1.54, 1.807) is 0 Å². The van der Waals surface area contributed by atoms with Crippen LogP contribution >= 0.6 is 0 Å². The Morgan fingerprint density at radius 3 is 1.22 bits per heavy atom. The number of nitrogens with two attached hydrogens (primary N) is 2. The zero-order valence-corrected chi connectivity index (χ0v) is 15.4. The van der Waals surface area contributed by atoms with Crippen LogP contribution < -0.4 is 11.5 Å². The molecule has 0 aliphatic carbocycles. The molecule has 2 aromatic carbocycles. The fourth-order valence-electron chi connectivity index (χ4n) is 3.22. The third-order valence-electron chi connectivity index (χ3n) is 4.43. The summed E-state index contributed by atoms with van der Waals surface area (Å²) in [6.45, 7) is 15.4. The molecule has 0 radical (unpaired) electrons. The van der Waals surface area contributed by atoms with Gasteiger partial charge in [0.25, 0.3) is 0 Å². The fourth-order valence-corrected chi connectivity index (χ4v) is 3.22. The molecule has 142 valence electrons. The Morgan fingerprint density at radius 1 is 0.593 bits per heavy atom. The molecule has 0 spiro atoms. The highest BCUT2D eigenvalue weighted by atomic mass is 14.6. The van der Waals surface area contributed by atoms with Crippen LogP contribution in [-0.2, 0) is 25.7 Å². The van der Waals surface area contributed by atoms with E-state index >= 15 is 0 Å². The van der Waals surface area contributed by atoms with Gasteiger partial charge in [-0.25, -0.2) is 0 Å². The molecule has 0 unspecified atom stereocenters. The van der Waals surface area contributed by atoms with Crippen LogP contribution in [0.5, 0.6) is 0 Å². The highest BCUT2D eigenvalue weighted by molar-refractivity contribution is 5.88. The van der Waals surface area contributed by atoms with Crippen molar-refractivity contribution in [2.75, 3.05) is 11.5 Å². The highest BCUT2D eigenvalue weighted by Crippen LogP contribution is 2.37. The molecule has 0 saturated heterocycles. The van der Waals surface area contributed by atoms with Crippen LogP contribution in [0.25, 0.3) is 11.1 Å². The largest absolute Gasteiger partial charge is 0.398 e. The predicted molar refractivity (Wildman–Crippen MR) is 123 cm³/mol. The van der Waals surface area contributed by atoms with Gasteiger partial charge in [-0.05, 0) is 60.1 Å². The standard InChI is InChI=1S/C24H28N2.CH4/c1-5-9-17-13-19(11-7-3)23(25)21(15-17)22-16-18(10-6-2)14-20(12-8-4)24(22)26;/h5-8,13-16H,1-4,9-12,25-26H2;1H4. The molecule has 2 rings (SSSR count). The molecule has 0 atom stereocenters. The summed E-state index contributed by atoms with van der Waals surface area (Å²) in [5.74, 6) is 0. The first-order chi connectivity index (χ1) is 12.5. The summed E-state index contributed by atoms with van der Waals surface area (Å²) in [4.78, 5) is 0. The van der Waals surface area contributed by atoms with Crippen molar-refractivity contribution >= 4 is 11.4 Å². The van der Waals surface area contributed by atoms with Crippen molar-refractivity contribution in [3.8, 4) is 11.1 Å². The van der Waals surface area contributed by atoms with Gasteiger partial charge in [0, 0.05) is 22.5 Å². The van der Waals surface area contributed by atoms with E-state index in [1.165, 1.54) is 11.1 Å². The lowest BCUT2D eigenvalue weighted by molar-refractivity contribution is 1.20. The smallest absolute Gasteiger partial charge is 0.0430 e. The minimum atomic E-state index is 0. The summed E-state index contributed by atoms with van der Waals surface area (Å²) in [7, 11) is 0. The van der Waals surface area contributed by atoms with Crippen LogP contribution in [-0.4, -0.2) is 0 Å². The van der Waals surface area contributed by atoms with Crippen molar-refractivity contribution in [2.24, 2.45) is 0 Å². The molecular weight excluding hydrogens is 328 g/mol. The fraction of sp³-hybridized carbons (Fsp3) is 0.200. The van der Waals surface area contributed by atoms with Gasteiger partial charge in [0.15, 0.2) is 0 Å². The van der Waals surface area contributed by atoms with Crippen LogP contribution in [0.15, 0.2) is 74.9 Å². The van der Waals surface area contributed by atoms with Gasteiger partial charge >= 0.3 is 0 Å². The topological polar surface area (TPSA) is 52.0 Å². The quantitative estimate of drug-likeness (QED) is 0.421. The Bertz CT molecular complexity index is 772. The number of allylic oxidation sites excluding steroid dienone is 4. The van der Waals surface area contributed by atoms with Gasteiger partial charge in [0.05, 0.1) is 0 Å². The number of anilines is 2. The average Bonchev–Trinajstić information content (AvgIpc) is 2.61. The van der Waals surface area contributed by atoms with E-state index in [2.05, 4.69) is 50.6 Å². The van der Waals surface area contributed by atoms with Crippen LogP contribution in [0.3, 0.4) is 0 Å². The molecule has 0 bridgehead atoms. The van der Waals surface area contributed by atoms with Crippen molar-refractivity contribution in [3.63, 3.8) is 0 Å². The Morgan fingerprint density at radius 2 is 0.926 bits per heavy atom. The summed E-state index contributed by atoms with van der Waals surface area (Å²) in [5.41, 5.74) is 20.9. The number of rotatable bonds is 9. The van der Waals surface area contributed by atoms with E-state index in [0.29, 0.717) is 0 Å². The average molecular weight is 361 g/mol. The number of hydrogen-bond donors (Lipinski definition) is 2. The van der Waals surface area contributed by atoms with Gasteiger partial charge in [-0.1, -0.05) is 43.9 Å². The van der Waals surface area contributed by atoms with Gasteiger partial charge < -0.3 is 11.5 Å². The van der Waals surface area contributed by atoms with E-state index in [-0.39, 0.29) is 7.43 Å². The summed E-state index contributed by atoms with van der Waals surface area (Å²) in [5, 5.41) is 0. The van der Waals surface area contributed by atoms with Crippen molar-refractivity contribution in [3.05, 3.63) is 97.1 Å². The second kappa shape index (κ2) is 10.2. The lowest BCUT2D eigenvalue weighted by Gasteiger charge is -2.18. The SMILES string of the molecule is C.C=CCc1cc(CC=C)c(N)c(-c2cc(CC=C)cc(CC=C)c2N)c1. The molecule has 4 N–H and O–H groups in total. The maximum atomic E-state index is 6.51. The van der Waals surface area contributed by atoms with E-state index < -0.39 is 0 Å². The maximum absolute atomic E-state index is 6.51. The van der Waals surface area contributed by atoms with Gasteiger partial charge in [0.1, 0.15) is 0 Å². The third kappa shape index (κ3) is 5.01. The number of benzene rings is 2. The molecule has 27 heavy (non-hydrogen) atoms. The van der Waals surface area contributed by atoms with Gasteiger partial charge in [-0.2, -0.15) is 0 Å². The van der Waals surface area contributed by atoms with Crippen molar-refractivity contribution in [2.45, 2.75) is 33.1 Å². The van der Waals surface area contributed by atoms with Crippen molar-refractivity contribution in [1.82, 2.24) is 0 Å². The van der Waals surface area contributed by atoms with E-state index in [4.69, 9.17) is 11.5 Å². The van der Waals surface area contributed by atoms with Crippen LogP contribution in [0, 0.1) is 0 Å². The highest BCUT2D eigenvalue weighted by Gasteiger charge is 2.15. The first-order valence-corrected chi connectivity index (χ1v) is 8.82. The Balaban J connectivity index is 0.00000364. The molecule has 0 aromatic heterocycles. The van der Waals surface area contributed by atoms with Gasteiger partial charge in [0.2, 0.25) is 0 Å². The lowest BCUT2D eigenvalue weighted by Crippen LogP contribution is -2.04. The monoisotopic (exact) mass is 360 g/mol. The molecule has 2 heteroatoms. The van der Waals surface area contributed by atoms with Gasteiger partial charge in [-0.15, -0.1) is 26.3 Å². The molecule has 0 fully saturated rings. The first kappa shape index (κ1) is 22.0. The third-order valence-corrected chi connectivity index (χ3v) is 4.43. The zero-order valence-electron chi connectivity index (χ0n) is 15.4. The zero-order chi connectivity index (χ0) is 19.1. The Labute approximate surface area is 164 Å². The van der Waals surface area contributed by atoms with Crippen molar-refractivity contribution < 1.29 is 0 Å². The van der Waals surface area contributed by atoms with E-state index in [9.17, 15) is 0 Å². The van der Waals surface area contributed by atoms with Crippen LogP contribution in [0.1, 0.15) is 29.7 Å². The summed E-state index contributed by atoms with van der Waals surface area (Å²) in [6.07, 6.45) is 10.5. The van der Waals surface area contributed by atoms with E-state index in [0.717, 1.165) is 59.3 Å². The lowest BCUT2D eigenvalue weighted by atomic mass is 9.90. The van der Waals surface area contributed by atoms with E-state index in [1.807, 2.05) is 24.3 Å². The minimum Gasteiger partial charge on any atom is -0.398 e. The summed E-state index contributed by atoms with van der Waals surface area (Å²) >= 11 is 0. The molecule has 2 aromatic rings. The molecule has 0 amide bonds. The first-order valence-electron chi connectivity index (χ1n) is 8.82. The van der Waals surface area contributed by atoms with Crippen LogP contribution in [0.4, 0.5) is 11.4 Å². The van der Waals surface area contributed by atoms with Crippen LogP contribution in [0.2, 0.25) is 0 Å². The molecule has 2 nitrogen and oxygen atoms in total. The Kier molecular flexibility index (Phi) is 8.34. The second-order valence-corrected chi connectivity index (χ2v) is 6.40. The maximum Gasteiger partial charge on any atom is 0.0430 e. The molecule has 0 heterocycles. The molecule has 0 aliphatic heterocycles. The summed E-state index contributed by atoms with van der Waals surface area (Å²) in [6, 6.07) is 8.47. The molecule has 0 saturated carbocycles.